The highest BCUT2D eigenvalue weighted by atomic mass is 79.9. The first-order chi connectivity index (χ1) is 16.1. The molecule has 4 rings (SSSR count). The Morgan fingerprint density at radius 3 is 2.58 bits per heavy atom. The van der Waals surface area contributed by atoms with Crippen molar-refractivity contribution >= 4 is 28.1 Å². The van der Waals surface area contributed by atoms with Gasteiger partial charge in [0.05, 0.1) is 13.2 Å². The van der Waals surface area contributed by atoms with E-state index in [1.807, 2.05) is 43.3 Å². The molecular weight excluding hydrogens is 502 g/mol. The van der Waals surface area contributed by atoms with Gasteiger partial charge in [0, 0.05) is 22.4 Å². The molecule has 0 amide bonds. The molecule has 0 saturated carbocycles. The summed E-state index contributed by atoms with van der Waals surface area (Å²) in [6, 6.07) is 15.9. The van der Waals surface area contributed by atoms with Crippen LogP contribution in [0.25, 0.3) is 11.4 Å². The van der Waals surface area contributed by atoms with Crippen molar-refractivity contribution in [2.75, 3.05) is 12.0 Å². The summed E-state index contributed by atoms with van der Waals surface area (Å²) in [6.07, 6.45) is 3.44. The lowest BCUT2D eigenvalue weighted by Gasteiger charge is -2.17. The molecule has 0 spiro atoms. The molecule has 0 unspecified atom stereocenters. The smallest absolute Gasteiger partial charge is 0.214 e. The Bertz CT molecular complexity index is 1290. The Morgan fingerprint density at radius 2 is 1.82 bits per heavy atom. The number of halogens is 1. The molecule has 0 aliphatic rings. The van der Waals surface area contributed by atoms with Crippen LogP contribution in [0.3, 0.4) is 0 Å². The maximum atomic E-state index is 6.12. The largest absolute Gasteiger partial charge is 0.490 e. The molecule has 7 nitrogen and oxygen atoms in total. The number of benzene rings is 2. The van der Waals surface area contributed by atoms with Crippen LogP contribution in [0.4, 0.5) is 0 Å². The minimum absolute atomic E-state index is 0.469. The number of nitrogens with one attached hydrogen (secondary N) is 2. The molecule has 0 saturated heterocycles. The first-order valence-electron chi connectivity index (χ1n) is 10.5. The monoisotopic (exact) mass is 525 g/mol. The highest BCUT2D eigenvalue weighted by molar-refractivity contribution is 9.10. The van der Waals surface area contributed by atoms with Gasteiger partial charge in [-0.25, -0.2) is 9.77 Å². The summed E-state index contributed by atoms with van der Waals surface area (Å²) in [6.45, 7) is 5.53. The Labute approximate surface area is 205 Å². The van der Waals surface area contributed by atoms with Gasteiger partial charge in [0.2, 0.25) is 4.77 Å². The van der Waals surface area contributed by atoms with E-state index in [1.54, 1.807) is 17.1 Å². The highest BCUT2D eigenvalue weighted by Gasteiger charge is 2.14. The Morgan fingerprint density at radius 1 is 1.06 bits per heavy atom. The summed E-state index contributed by atoms with van der Waals surface area (Å²) in [5, 5.41) is 7.18. The Hall–Kier alpha value is -3.17. The summed E-state index contributed by atoms with van der Waals surface area (Å²) in [7, 11) is 0. The standard InChI is InChI=1S/C24H24BrN5O2S/c1-3-31-21-12-19(20(25)13-22(21)32-15-18-7-5-4-6-16(18)2)14-27-30-23(28-29-24(30)33)17-8-10-26-11-9-17/h4-13,27H,3,14-15H2,1-2H3,(H,29,33). The second kappa shape index (κ2) is 10.6. The molecule has 2 heterocycles. The van der Waals surface area contributed by atoms with E-state index in [9.17, 15) is 0 Å². The maximum Gasteiger partial charge on any atom is 0.214 e. The van der Waals surface area contributed by atoms with Crippen LogP contribution in [0.2, 0.25) is 0 Å². The molecule has 0 fully saturated rings. The van der Waals surface area contributed by atoms with Crippen molar-refractivity contribution in [1.29, 1.82) is 0 Å². The van der Waals surface area contributed by atoms with Crippen LogP contribution in [0, 0.1) is 11.7 Å². The number of aromatic amines is 1. The zero-order chi connectivity index (χ0) is 23.2. The number of rotatable bonds is 9. The minimum Gasteiger partial charge on any atom is -0.490 e. The van der Waals surface area contributed by atoms with Crippen molar-refractivity contribution in [3.8, 4) is 22.9 Å². The Kier molecular flexibility index (Phi) is 7.41. The van der Waals surface area contributed by atoms with Gasteiger partial charge in [-0.2, -0.15) is 5.10 Å². The molecular formula is C24H24BrN5O2S. The number of hydrogen-bond donors (Lipinski definition) is 2. The third-order valence-electron chi connectivity index (χ3n) is 5.10. The zero-order valence-corrected chi connectivity index (χ0v) is 20.7. The molecule has 0 bridgehead atoms. The van der Waals surface area contributed by atoms with Gasteiger partial charge in [0.1, 0.15) is 6.61 Å². The predicted octanol–water partition coefficient (Wildman–Crippen LogP) is 5.80. The van der Waals surface area contributed by atoms with Crippen molar-refractivity contribution in [1.82, 2.24) is 19.9 Å². The number of nitrogens with zero attached hydrogens (tertiary/aromatic N) is 3. The lowest BCUT2D eigenvalue weighted by Crippen LogP contribution is -2.16. The topological polar surface area (TPSA) is 77.0 Å². The fourth-order valence-corrected chi connectivity index (χ4v) is 3.98. The number of ether oxygens (including phenoxy) is 2. The molecule has 0 aliphatic heterocycles. The number of aromatic nitrogens is 4. The van der Waals surface area contributed by atoms with Crippen LogP contribution in [0.5, 0.6) is 11.5 Å². The molecule has 170 valence electrons. The molecule has 2 aromatic heterocycles. The fraction of sp³-hybridized carbons (Fsp3) is 0.208. The predicted molar refractivity (Wildman–Crippen MR) is 135 cm³/mol. The summed E-state index contributed by atoms with van der Waals surface area (Å²) < 4.78 is 15.1. The van der Waals surface area contributed by atoms with E-state index < -0.39 is 0 Å². The second-order valence-electron chi connectivity index (χ2n) is 7.30. The van der Waals surface area contributed by atoms with Crippen LogP contribution < -0.4 is 14.9 Å². The lowest BCUT2D eigenvalue weighted by atomic mass is 10.1. The quantitative estimate of drug-likeness (QED) is 0.269. The van der Waals surface area contributed by atoms with Crippen molar-refractivity contribution in [2.24, 2.45) is 0 Å². The molecule has 2 aromatic carbocycles. The molecule has 2 N–H and O–H groups in total. The van der Waals surface area contributed by atoms with E-state index in [-0.39, 0.29) is 0 Å². The van der Waals surface area contributed by atoms with Gasteiger partial charge in [-0.3, -0.25) is 4.98 Å². The van der Waals surface area contributed by atoms with E-state index in [0.29, 0.717) is 41.9 Å². The van der Waals surface area contributed by atoms with Crippen LogP contribution in [0.1, 0.15) is 23.6 Å². The van der Waals surface area contributed by atoms with Crippen molar-refractivity contribution < 1.29 is 9.47 Å². The minimum atomic E-state index is 0.469. The van der Waals surface area contributed by atoms with E-state index in [4.69, 9.17) is 21.7 Å². The van der Waals surface area contributed by atoms with E-state index in [1.165, 1.54) is 5.56 Å². The first-order valence-corrected chi connectivity index (χ1v) is 11.7. The van der Waals surface area contributed by atoms with Crippen LogP contribution >= 0.6 is 28.1 Å². The van der Waals surface area contributed by atoms with Gasteiger partial charge in [-0.05, 0) is 67.0 Å². The number of aryl methyl sites for hydroxylation is 1. The third kappa shape index (κ3) is 5.43. The lowest BCUT2D eigenvalue weighted by molar-refractivity contribution is 0.268. The van der Waals surface area contributed by atoms with Crippen LogP contribution in [-0.2, 0) is 13.2 Å². The fourth-order valence-electron chi connectivity index (χ4n) is 3.32. The maximum absolute atomic E-state index is 6.12. The van der Waals surface area contributed by atoms with Gasteiger partial charge >= 0.3 is 0 Å². The van der Waals surface area contributed by atoms with Gasteiger partial charge in [0.25, 0.3) is 0 Å². The van der Waals surface area contributed by atoms with Gasteiger partial charge in [-0.15, -0.1) is 0 Å². The van der Waals surface area contributed by atoms with E-state index in [2.05, 4.69) is 55.6 Å². The van der Waals surface area contributed by atoms with Crippen molar-refractivity contribution in [2.45, 2.75) is 27.0 Å². The zero-order valence-electron chi connectivity index (χ0n) is 18.3. The number of hydrogen-bond acceptors (Lipinski definition) is 6. The summed E-state index contributed by atoms with van der Waals surface area (Å²) in [5.74, 6) is 2.06. The average Bonchev–Trinajstić information content (AvgIpc) is 3.20. The summed E-state index contributed by atoms with van der Waals surface area (Å²) >= 11 is 9.09. The van der Waals surface area contributed by atoms with Crippen LogP contribution in [-0.4, -0.2) is 26.5 Å². The number of pyridine rings is 1. The SMILES string of the molecule is CCOc1cc(CNn2c(-c3ccncc3)n[nH]c2=S)c(Br)cc1OCc1ccccc1C. The number of H-pyrrole nitrogens is 1. The average molecular weight is 526 g/mol. The highest BCUT2D eigenvalue weighted by Crippen LogP contribution is 2.35. The van der Waals surface area contributed by atoms with Gasteiger partial charge in [0.15, 0.2) is 17.3 Å². The third-order valence-corrected chi connectivity index (χ3v) is 6.11. The summed E-state index contributed by atoms with van der Waals surface area (Å²) in [4.78, 5) is 4.06. The van der Waals surface area contributed by atoms with Gasteiger partial charge in [-0.1, -0.05) is 40.2 Å². The summed E-state index contributed by atoms with van der Waals surface area (Å²) in [5.41, 5.74) is 7.57. The van der Waals surface area contributed by atoms with E-state index >= 15 is 0 Å². The van der Waals surface area contributed by atoms with Crippen LogP contribution in [0.15, 0.2) is 65.4 Å². The normalized spacial score (nSPS) is 10.8. The molecule has 0 radical (unpaired) electrons. The van der Waals surface area contributed by atoms with Crippen molar-refractivity contribution in [3.05, 3.63) is 86.9 Å². The van der Waals surface area contributed by atoms with Crippen molar-refractivity contribution in [3.63, 3.8) is 0 Å². The van der Waals surface area contributed by atoms with E-state index in [0.717, 1.165) is 21.2 Å². The molecule has 0 atom stereocenters. The Balaban J connectivity index is 1.55. The van der Waals surface area contributed by atoms with Gasteiger partial charge < -0.3 is 14.9 Å². The first kappa shape index (κ1) is 23.0. The molecule has 9 heteroatoms. The molecule has 4 aromatic rings. The second-order valence-corrected chi connectivity index (χ2v) is 8.54. The molecule has 33 heavy (non-hydrogen) atoms. The molecule has 0 aliphatic carbocycles.